The average molecular weight is 237 g/mol. The number of amides is 1. The third kappa shape index (κ3) is 4.82. The van der Waals surface area contributed by atoms with Crippen LogP contribution in [0.15, 0.2) is 18.3 Å². The summed E-state index contributed by atoms with van der Waals surface area (Å²) in [6.45, 7) is 4.95. The van der Waals surface area contributed by atoms with Gasteiger partial charge < -0.3 is 15.4 Å². The van der Waals surface area contributed by atoms with Crippen LogP contribution in [-0.2, 0) is 4.74 Å². The van der Waals surface area contributed by atoms with Crippen molar-refractivity contribution in [3.05, 3.63) is 23.9 Å². The summed E-state index contributed by atoms with van der Waals surface area (Å²) in [5.74, 6) is 0.562. The highest BCUT2D eigenvalue weighted by Gasteiger charge is 2.05. The average Bonchev–Trinajstić information content (AvgIpc) is 2.34. The molecule has 0 aliphatic heterocycles. The molecule has 0 aliphatic rings. The van der Waals surface area contributed by atoms with Crippen LogP contribution in [-0.4, -0.2) is 37.2 Å². The lowest BCUT2D eigenvalue weighted by molar-refractivity contribution is 0.0746. The van der Waals surface area contributed by atoms with Crippen molar-refractivity contribution < 1.29 is 9.53 Å². The maximum Gasteiger partial charge on any atom is 0.251 e. The van der Waals surface area contributed by atoms with Crippen LogP contribution < -0.4 is 10.6 Å². The first-order chi connectivity index (χ1) is 8.13. The predicted molar refractivity (Wildman–Crippen MR) is 67.2 cm³/mol. The van der Waals surface area contributed by atoms with Crippen molar-refractivity contribution in [3.8, 4) is 0 Å². The molecule has 0 atom stereocenters. The van der Waals surface area contributed by atoms with Gasteiger partial charge in [0.15, 0.2) is 0 Å². The zero-order valence-electron chi connectivity index (χ0n) is 10.5. The van der Waals surface area contributed by atoms with E-state index in [0.717, 1.165) is 0 Å². The minimum absolute atomic E-state index is 0.115. The molecule has 0 fully saturated rings. The van der Waals surface area contributed by atoms with E-state index in [1.807, 2.05) is 13.8 Å². The Morgan fingerprint density at radius 1 is 1.53 bits per heavy atom. The van der Waals surface area contributed by atoms with Gasteiger partial charge in [-0.25, -0.2) is 4.98 Å². The molecule has 0 saturated heterocycles. The van der Waals surface area contributed by atoms with Crippen LogP contribution in [0.3, 0.4) is 0 Å². The third-order valence-electron chi connectivity index (χ3n) is 2.12. The summed E-state index contributed by atoms with van der Waals surface area (Å²) >= 11 is 0. The molecule has 0 saturated carbocycles. The summed E-state index contributed by atoms with van der Waals surface area (Å²) < 4.78 is 5.33. The highest BCUT2D eigenvalue weighted by molar-refractivity contribution is 5.94. The van der Waals surface area contributed by atoms with E-state index in [1.165, 1.54) is 0 Å². The molecule has 0 spiro atoms. The van der Waals surface area contributed by atoms with Crippen molar-refractivity contribution in [2.24, 2.45) is 0 Å². The molecule has 0 radical (unpaired) electrons. The molecular formula is C12H19N3O2. The highest BCUT2D eigenvalue weighted by atomic mass is 16.5. The van der Waals surface area contributed by atoms with Crippen molar-refractivity contribution in [2.45, 2.75) is 20.0 Å². The van der Waals surface area contributed by atoms with Crippen LogP contribution in [0.4, 0.5) is 5.82 Å². The van der Waals surface area contributed by atoms with Gasteiger partial charge >= 0.3 is 0 Å². The minimum atomic E-state index is -0.115. The van der Waals surface area contributed by atoms with Gasteiger partial charge in [0.05, 0.1) is 12.7 Å². The van der Waals surface area contributed by atoms with Crippen LogP contribution >= 0.6 is 0 Å². The van der Waals surface area contributed by atoms with Crippen molar-refractivity contribution >= 4 is 11.7 Å². The molecule has 0 aromatic carbocycles. The Kier molecular flexibility index (Phi) is 5.42. The fourth-order valence-corrected chi connectivity index (χ4v) is 1.27. The van der Waals surface area contributed by atoms with Gasteiger partial charge in [-0.1, -0.05) is 0 Å². The lowest BCUT2D eigenvalue weighted by atomic mass is 10.2. The summed E-state index contributed by atoms with van der Waals surface area (Å²) in [4.78, 5) is 15.8. The summed E-state index contributed by atoms with van der Waals surface area (Å²) in [5.41, 5.74) is 0.592. The Balaban J connectivity index is 2.41. The van der Waals surface area contributed by atoms with Crippen molar-refractivity contribution in [2.75, 3.05) is 25.5 Å². The second kappa shape index (κ2) is 6.85. The molecule has 0 unspecified atom stereocenters. The van der Waals surface area contributed by atoms with E-state index < -0.39 is 0 Å². The molecule has 5 nitrogen and oxygen atoms in total. The first-order valence-electron chi connectivity index (χ1n) is 5.67. The number of rotatable bonds is 6. The van der Waals surface area contributed by atoms with Gasteiger partial charge in [0.25, 0.3) is 5.91 Å². The lowest BCUT2D eigenvalue weighted by Crippen LogP contribution is -2.28. The van der Waals surface area contributed by atoms with E-state index in [4.69, 9.17) is 4.74 Å². The normalized spacial score (nSPS) is 10.4. The van der Waals surface area contributed by atoms with Gasteiger partial charge in [-0.2, -0.15) is 0 Å². The van der Waals surface area contributed by atoms with E-state index in [0.29, 0.717) is 24.5 Å². The molecule has 17 heavy (non-hydrogen) atoms. The Morgan fingerprint density at radius 2 is 2.29 bits per heavy atom. The predicted octanol–water partition coefficient (Wildman–Crippen LogP) is 1.28. The van der Waals surface area contributed by atoms with Crippen LogP contribution in [0, 0.1) is 0 Å². The second-order valence-corrected chi connectivity index (χ2v) is 3.86. The highest BCUT2D eigenvalue weighted by Crippen LogP contribution is 2.05. The van der Waals surface area contributed by atoms with Crippen molar-refractivity contribution in [1.29, 1.82) is 0 Å². The van der Waals surface area contributed by atoms with E-state index in [1.54, 1.807) is 25.4 Å². The number of anilines is 1. The van der Waals surface area contributed by atoms with Crippen molar-refractivity contribution in [3.63, 3.8) is 0 Å². The molecule has 1 amide bonds. The van der Waals surface area contributed by atoms with Gasteiger partial charge in [-0.15, -0.1) is 0 Å². The molecule has 0 bridgehead atoms. The van der Waals surface area contributed by atoms with Crippen LogP contribution in [0.1, 0.15) is 24.2 Å². The Labute approximate surface area is 102 Å². The maximum absolute atomic E-state index is 11.7. The number of carbonyl (C=O) groups is 1. The van der Waals surface area contributed by atoms with Gasteiger partial charge in [0.1, 0.15) is 5.82 Å². The molecule has 2 N–H and O–H groups in total. The maximum atomic E-state index is 11.7. The summed E-state index contributed by atoms with van der Waals surface area (Å²) in [6, 6.07) is 3.39. The molecule has 1 rings (SSSR count). The van der Waals surface area contributed by atoms with Gasteiger partial charge in [0.2, 0.25) is 0 Å². The molecule has 0 aliphatic carbocycles. The van der Waals surface area contributed by atoms with Crippen molar-refractivity contribution in [1.82, 2.24) is 10.3 Å². The number of aromatic nitrogens is 1. The zero-order chi connectivity index (χ0) is 12.7. The smallest absolute Gasteiger partial charge is 0.251 e. The topological polar surface area (TPSA) is 63.2 Å². The zero-order valence-corrected chi connectivity index (χ0v) is 10.5. The van der Waals surface area contributed by atoms with E-state index in [9.17, 15) is 4.79 Å². The van der Waals surface area contributed by atoms with Gasteiger partial charge in [0, 0.05) is 25.4 Å². The first kappa shape index (κ1) is 13.4. The van der Waals surface area contributed by atoms with Gasteiger partial charge in [-0.05, 0) is 26.0 Å². The summed E-state index contributed by atoms with van der Waals surface area (Å²) in [5, 5.41) is 5.67. The number of hydrogen-bond acceptors (Lipinski definition) is 4. The number of nitrogens with one attached hydrogen (secondary N) is 2. The number of hydrogen-bond donors (Lipinski definition) is 2. The number of carbonyl (C=O) groups excluding carboxylic acids is 1. The van der Waals surface area contributed by atoms with E-state index in [-0.39, 0.29) is 12.0 Å². The second-order valence-electron chi connectivity index (χ2n) is 3.86. The molecule has 1 heterocycles. The SMILES string of the molecule is CNc1cc(C(=O)NCCOC(C)C)ccn1. The minimum Gasteiger partial charge on any atom is -0.377 e. The van der Waals surface area contributed by atoms with Crippen LogP contribution in [0.25, 0.3) is 0 Å². The molecular weight excluding hydrogens is 218 g/mol. The number of pyridine rings is 1. The van der Waals surface area contributed by atoms with Crippen LogP contribution in [0.2, 0.25) is 0 Å². The van der Waals surface area contributed by atoms with Crippen LogP contribution in [0.5, 0.6) is 0 Å². The monoisotopic (exact) mass is 237 g/mol. The fraction of sp³-hybridized carbons (Fsp3) is 0.500. The summed E-state index contributed by atoms with van der Waals surface area (Å²) in [7, 11) is 1.76. The molecule has 1 aromatic rings. The Bertz CT molecular complexity index is 367. The standard InChI is InChI=1S/C12H19N3O2/c1-9(2)17-7-6-15-12(16)10-4-5-14-11(8-10)13-3/h4-5,8-9H,6-7H2,1-3H3,(H,13,14)(H,15,16). The fourth-order valence-electron chi connectivity index (χ4n) is 1.27. The molecule has 1 aromatic heterocycles. The quantitative estimate of drug-likeness (QED) is 0.732. The molecule has 5 heteroatoms. The number of nitrogens with zero attached hydrogens (tertiary/aromatic N) is 1. The Morgan fingerprint density at radius 3 is 2.94 bits per heavy atom. The lowest BCUT2D eigenvalue weighted by Gasteiger charge is -2.09. The van der Waals surface area contributed by atoms with E-state index in [2.05, 4.69) is 15.6 Å². The third-order valence-corrected chi connectivity index (χ3v) is 2.12. The first-order valence-corrected chi connectivity index (χ1v) is 5.67. The van der Waals surface area contributed by atoms with Gasteiger partial charge in [-0.3, -0.25) is 4.79 Å². The largest absolute Gasteiger partial charge is 0.377 e. The van der Waals surface area contributed by atoms with E-state index >= 15 is 0 Å². The summed E-state index contributed by atoms with van der Waals surface area (Å²) in [6.07, 6.45) is 1.79. The Hall–Kier alpha value is -1.62. The number of ether oxygens (including phenoxy) is 1. The molecule has 94 valence electrons.